The second kappa shape index (κ2) is 6.97. The molecule has 0 aliphatic heterocycles. The van der Waals surface area contributed by atoms with E-state index in [1.165, 1.54) is 26.0 Å². The summed E-state index contributed by atoms with van der Waals surface area (Å²) in [6.45, 7) is 2.13. The molecule has 0 aliphatic carbocycles. The number of para-hydroxylation sites is 1. The van der Waals surface area contributed by atoms with Crippen molar-refractivity contribution in [1.29, 1.82) is 0 Å². The Balaban J connectivity index is 1.84. The predicted molar refractivity (Wildman–Crippen MR) is 124 cm³/mol. The van der Waals surface area contributed by atoms with E-state index in [0.29, 0.717) is 0 Å². The third-order valence-corrected chi connectivity index (χ3v) is 6.47. The Morgan fingerprint density at radius 1 is 0.750 bits per heavy atom. The third kappa shape index (κ3) is 2.86. The predicted octanol–water partition coefficient (Wildman–Crippen LogP) is 8.49. The summed E-state index contributed by atoms with van der Waals surface area (Å²) in [4.78, 5) is 2.33. The van der Waals surface area contributed by atoms with Crippen LogP contribution in [0.2, 0.25) is 5.02 Å². The lowest BCUT2D eigenvalue weighted by Gasteiger charge is -2.26. The maximum Gasteiger partial charge on any atom is 0.0640 e. The number of hydrogen-bond donors (Lipinski definition) is 0. The van der Waals surface area contributed by atoms with Gasteiger partial charge in [-0.15, -0.1) is 11.3 Å². The molecule has 0 aliphatic rings. The standard InChI is InChI=1S/C25H18ClNS/c1-17-8-5-11-19(16-17)27(18-9-3-2-4-10-18)22-14-6-12-20-24-21(26)13-7-15-23(24)28-25(20)22/h2-16H,1H3. The number of hydrogen-bond acceptors (Lipinski definition) is 2. The van der Waals surface area contributed by atoms with Crippen molar-refractivity contribution in [2.45, 2.75) is 6.92 Å². The maximum absolute atomic E-state index is 6.56. The van der Waals surface area contributed by atoms with E-state index in [-0.39, 0.29) is 0 Å². The van der Waals surface area contributed by atoms with Crippen LogP contribution in [-0.2, 0) is 0 Å². The lowest BCUT2D eigenvalue weighted by atomic mass is 10.1. The second-order valence-corrected chi connectivity index (χ2v) is 8.34. The first kappa shape index (κ1) is 17.3. The summed E-state index contributed by atoms with van der Waals surface area (Å²) in [6, 6.07) is 31.8. The van der Waals surface area contributed by atoms with Gasteiger partial charge in [0.25, 0.3) is 0 Å². The first-order valence-electron chi connectivity index (χ1n) is 9.24. The molecule has 1 heterocycles. The number of rotatable bonds is 3. The normalized spacial score (nSPS) is 11.2. The van der Waals surface area contributed by atoms with Crippen LogP contribution in [0.5, 0.6) is 0 Å². The van der Waals surface area contributed by atoms with Crippen molar-refractivity contribution in [3.8, 4) is 0 Å². The topological polar surface area (TPSA) is 3.24 Å². The van der Waals surface area contributed by atoms with Crippen LogP contribution in [0.25, 0.3) is 20.2 Å². The number of aryl methyl sites for hydroxylation is 1. The van der Waals surface area contributed by atoms with Crippen LogP contribution in [0.4, 0.5) is 17.1 Å². The number of anilines is 3. The summed E-state index contributed by atoms with van der Waals surface area (Å²) in [6.07, 6.45) is 0. The first-order chi connectivity index (χ1) is 13.7. The molecule has 0 unspecified atom stereocenters. The van der Waals surface area contributed by atoms with E-state index in [1.54, 1.807) is 11.3 Å². The summed E-state index contributed by atoms with van der Waals surface area (Å²) in [7, 11) is 0. The van der Waals surface area contributed by atoms with Gasteiger partial charge in [-0.2, -0.15) is 0 Å². The molecule has 5 rings (SSSR count). The quantitative estimate of drug-likeness (QED) is 0.294. The average molecular weight is 400 g/mol. The van der Waals surface area contributed by atoms with Crippen LogP contribution in [0.1, 0.15) is 5.56 Å². The number of thiophene rings is 1. The highest BCUT2D eigenvalue weighted by Crippen LogP contribution is 2.46. The van der Waals surface area contributed by atoms with Crippen molar-refractivity contribution in [2.75, 3.05) is 4.90 Å². The van der Waals surface area contributed by atoms with Gasteiger partial charge in [0.1, 0.15) is 0 Å². The van der Waals surface area contributed by atoms with Gasteiger partial charge < -0.3 is 4.90 Å². The van der Waals surface area contributed by atoms with Crippen molar-refractivity contribution in [1.82, 2.24) is 0 Å². The van der Waals surface area contributed by atoms with Crippen LogP contribution >= 0.6 is 22.9 Å². The fraction of sp³-hybridized carbons (Fsp3) is 0.0400. The van der Waals surface area contributed by atoms with Crippen molar-refractivity contribution in [2.24, 2.45) is 0 Å². The zero-order chi connectivity index (χ0) is 19.1. The molecule has 0 N–H and O–H groups in total. The molecule has 0 saturated heterocycles. The summed E-state index contributed by atoms with van der Waals surface area (Å²) in [5.74, 6) is 0. The van der Waals surface area contributed by atoms with Gasteiger partial charge in [0.05, 0.1) is 10.4 Å². The van der Waals surface area contributed by atoms with Gasteiger partial charge in [-0.3, -0.25) is 0 Å². The van der Waals surface area contributed by atoms with Crippen molar-refractivity contribution >= 4 is 60.2 Å². The van der Waals surface area contributed by atoms with Crippen LogP contribution in [0.3, 0.4) is 0 Å². The van der Waals surface area contributed by atoms with Crippen LogP contribution in [-0.4, -0.2) is 0 Å². The molecule has 5 aromatic rings. The molecule has 1 nitrogen and oxygen atoms in total. The number of nitrogens with zero attached hydrogens (tertiary/aromatic N) is 1. The Labute approximate surface area is 173 Å². The molecule has 0 atom stereocenters. The Morgan fingerprint density at radius 2 is 1.50 bits per heavy atom. The Morgan fingerprint density at radius 3 is 2.32 bits per heavy atom. The van der Waals surface area contributed by atoms with Gasteiger partial charge in [-0.05, 0) is 55.0 Å². The van der Waals surface area contributed by atoms with Gasteiger partial charge >= 0.3 is 0 Å². The van der Waals surface area contributed by atoms with Crippen molar-refractivity contribution in [3.63, 3.8) is 0 Å². The Bertz CT molecular complexity index is 1290. The summed E-state index contributed by atoms with van der Waals surface area (Å²) < 4.78 is 2.46. The summed E-state index contributed by atoms with van der Waals surface area (Å²) in [5, 5.41) is 3.16. The molecule has 4 aromatic carbocycles. The molecule has 0 saturated carbocycles. The molecular weight excluding hydrogens is 382 g/mol. The molecule has 0 spiro atoms. The minimum absolute atomic E-state index is 0.808. The fourth-order valence-electron chi connectivity index (χ4n) is 3.74. The van der Waals surface area contributed by atoms with Crippen molar-refractivity contribution in [3.05, 3.63) is 102 Å². The molecule has 0 amide bonds. The molecule has 0 bridgehead atoms. The van der Waals surface area contributed by atoms with Gasteiger partial charge in [-0.25, -0.2) is 0 Å². The molecular formula is C25H18ClNS. The summed E-state index contributed by atoms with van der Waals surface area (Å²) in [5.41, 5.74) is 4.71. The largest absolute Gasteiger partial charge is 0.309 e. The highest BCUT2D eigenvalue weighted by molar-refractivity contribution is 7.26. The lowest BCUT2D eigenvalue weighted by Crippen LogP contribution is -2.10. The minimum atomic E-state index is 0.808. The molecule has 3 heteroatoms. The van der Waals surface area contributed by atoms with E-state index in [1.807, 2.05) is 12.1 Å². The third-order valence-electron chi connectivity index (χ3n) is 4.97. The number of fused-ring (bicyclic) bond motifs is 3. The lowest BCUT2D eigenvalue weighted by molar-refractivity contribution is 1.29. The molecule has 0 radical (unpaired) electrons. The fourth-order valence-corrected chi connectivity index (χ4v) is 5.30. The van der Waals surface area contributed by atoms with E-state index >= 15 is 0 Å². The van der Waals surface area contributed by atoms with E-state index in [9.17, 15) is 0 Å². The van der Waals surface area contributed by atoms with E-state index in [2.05, 4.69) is 90.7 Å². The second-order valence-electron chi connectivity index (χ2n) is 6.88. The number of halogens is 1. The maximum atomic E-state index is 6.56. The minimum Gasteiger partial charge on any atom is -0.309 e. The highest BCUT2D eigenvalue weighted by Gasteiger charge is 2.18. The van der Waals surface area contributed by atoms with Crippen LogP contribution in [0, 0.1) is 6.92 Å². The molecule has 28 heavy (non-hydrogen) atoms. The SMILES string of the molecule is Cc1cccc(N(c2ccccc2)c2cccc3c2sc2cccc(Cl)c23)c1. The highest BCUT2D eigenvalue weighted by atomic mass is 35.5. The van der Waals surface area contributed by atoms with Gasteiger partial charge in [0, 0.05) is 31.9 Å². The van der Waals surface area contributed by atoms with Crippen LogP contribution in [0.15, 0.2) is 91.0 Å². The zero-order valence-electron chi connectivity index (χ0n) is 15.4. The van der Waals surface area contributed by atoms with Gasteiger partial charge in [0.2, 0.25) is 0 Å². The van der Waals surface area contributed by atoms with Crippen LogP contribution < -0.4 is 4.90 Å². The zero-order valence-corrected chi connectivity index (χ0v) is 17.0. The van der Waals surface area contributed by atoms with Gasteiger partial charge in [-0.1, -0.05) is 60.1 Å². The molecule has 1 aromatic heterocycles. The van der Waals surface area contributed by atoms with Crippen molar-refractivity contribution < 1.29 is 0 Å². The van der Waals surface area contributed by atoms with E-state index in [0.717, 1.165) is 21.8 Å². The summed E-state index contributed by atoms with van der Waals surface area (Å²) >= 11 is 8.36. The van der Waals surface area contributed by atoms with E-state index in [4.69, 9.17) is 11.6 Å². The molecule has 136 valence electrons. The number of benzene rings is 4. The Hall–Kier alpha value is -2.81. The Kier molecular flexibility index (Phi) is 4.31. The first-order valence-corrected chi connectivity index (χ1v) is 10.4. The smallest absolute Gasteiger partial charge is 0.0640 e. The van der Waals surface area contributed by atoms with E-state index < -0.39 is 0 Å². The average Bonchev–Trinajstić information content (AvgIpc) is 3.10. The monoisotopic (exact) mass is 399 g/mol. The molecule has 0 fully saturated rings. The van der Waals surface area contributed by atoms with Gasteiger partial charge in [0.15, 0.2) is 0 Å².